The zero-order valence-electron chi connectivity index (χ0n) is 15.6. The van der Waals surface area contributed by atoms with Gasteiger partial charge in [0.15, 0.2) is 0 Å². The van der Waals surface area contributed by atoms with E-state index in [0.29, 0.717) is 0 Å². The van der Waals surface area contributed by atoms with Crippen LogP contribution in [0.3, 0.4) is 0 Å². The van der Waals surface area contributed by atoms with Gasteiger partial charge in [-0.05, 0) is 12.8 Å². The fourth-order valence-electron chi connectivity index (χ4n) is 3.06. The van der Waals surface area contributed by atoms with Crippen LogP contribution in [0.15, 0.2) is 0 Å². The van der Waals surface area contributed by atoms with Crippen LogP contribution in [-0.4, -0.2) is 17.3 Å². The molecule has 0 saturated carbocycles. The molecule has 0 heterocycles. The first-order valence-electron chi connectivity index (χ1n) is 10.2. The number of hydrogen-bond acceptors (Lipinski definition) is 1. The first-order valence-corrected chi connectivity index (χ1v) is 10.2. The summed E-state index contributed by atoms with van der Waals surface area (Å²) in [4.78, 5) is 0. The fraction of sp³-hybridized carbons (Fsp3) is 1.00. The average molecular weight is 315 g/mol. The molecule has 134 valence electrons. The van der Waals surface area contributed by atoms with Crippen LogP contribution in [0, 0.1) is 0 Å². The normalized spacial score (nSPS) is 14.2. The number of hydrogen-bond donors (Lipinski definition) is 2. The summed E-state index contributed by atoms with van der Waals surface area (Å²) < 4.78 is 0. The third-order valence-corrected chi connectivity index (χ3v) is 4.92. The third-order valence-electron chi connectivity index (χ3n) is 4.92. The summed E-state index contributed by atoms with van der Waals surface area (Å²) in [6, 6.07) is 0.224. The highest BCUT2D eigenvalue weighted by atomic mass is 16.3. The Hall–Kier alpha value is -0.0800. The monoisotopic (exact) mass is 314 g/mol. The van der Waals surface area contributed by atoms with Crippen LogP contribution in [0.5, 0.6) is 0 Å². The van der Waals surface area contributed by atoms with Gasteiger partial charge in [0.25, 0.3) is 0 Å². The van der Waals surface area contributed by atoms with Gasteiger partial charge in [0.1, 0.15) is 12.1 Å². The molecule has 0 unspecified atom stereocenters. The Kier molecular flexibility index (Phi) is 17.2. The lowest BCUT2D eigenvalue weighted by atomic mass is 10.0. The molecule has 0 radical (unpaired) electrons. The van der Waals surface area contributed by atoms with Crippen LogP contribution in [0.4, 0.5) is 0 Å². The van der Waals surface area contributed by atoms with Crippen molar-refractivity contribution >= 4 is 0 Å². The SMILES string of the molecule is CCCCCCCCCCCCCCCC[C@@H](O)[C@@H]([NH3+])CC. The van der Waals surface area contributed by atoms with Gasteiger partial charge in [0.05, 0.1) is 0 Å². The summed E-state index contributed by atoms with van der Waals surface area (Å²) >= 11 is 0. The predicted octanol–water partition coefficient (Wildman–Crippen LogP) is 5.24. The van der Waals surface area contributed by atoms with E-state index in [9.17, 15) is 5.11 Å². The van der Waals surface area contributed by atoms with Crippen molar-refractivity contribution in [3.05, 3.63) is 0 Å². The van der Waals surface area contributed by atoms with Crippen molar-refractivity contribution in [1.29, 1.82) is 0 Å². The molecule has 0 aromatic rings. The molecule has 0 amide bonds. The van der Waals surface area contributed by atoms with Crippen LogP contribution in [0.1, 0.15) is 117 Å². The van der Waals surface area contributed by atoms with Crippen LogP contribution < -0.4 is 5.73 Å². The Morgan fingerprint density at radius 2 is 1.00 bits per heavy atom. The number of unbranched alkanes of at least 4 members (excludes halogenated alkanes) is 13. The van der Waals surface area contributed by atoms with Gasteiger partial charge in [-0.3, -0.25) is 0 Å². The van der Waals surface area contributed by atoms with E-state index in [-0.39, 0.29) is 12.1 Å². The Morgan fingerprint density at radius 3 is 1.36 bits per heavy atom. The molecule has 0 bridgehead atoms. The lowest BCUT2D eigenvalue weighted by molar-refractivity contribution is -0.438. The molecular weight excluding hydrogens is 270 g/mol. The Bertz CT molecular complexity index is 208. The Labute approximate surface area is 140 Å². The smallest absolute Gasteiger partial charge is 0.110 e. The van der Waals surface area contributed by atoms with Crippen LogP contribution in [-0.2, 0) is 0 Å². The van der Waals surface area contributed by atoms with E-state index < -0.39 is 0 Å². The van der Waals surface area contributed by atoms with Crippen molar-refractivity contribution in [1.82, 2.24) is 0 Å². The van der Waals surface area contributed by atoms with Crippen LogP contribution >= 0.6 is 0 Å². The number of aliphatic hydroxyl groups excluding tert-OH is 1. The molecule has 0 aromatic heterocycles. The minimum absolute atomic E-state index is 0.178. The van der Waals surface area contributed by atoms with Gasteiger partial charge in [0.2, 0.25) is 0 Å². The molecule has 0 rings (SSSR count). The molecule has 2 nitrogen and oxygen atoms in total. The van der Waals surface area contributed by atoms with Gasteiger partial charge in [-0.2, -0.15) is 0 Å². The van der Waals surface area contributed by atoms with Crippen LogP contribution in [0.25, 0.3) is 0 Å². The molecule has 0 saturated heterocycles. The predicted molar refractivity (Wildman–Crippen MR) is 97.9 cm³/mol. The highest BCUT2D eigenvalue weighted by molar-refractivity contribution is 4.63. The van der Waals surface area contributed by atoms with E-state index in [1.807, 2.05) is 0 Å². The van der Waals surface area contributed by atoms with Gasteiger partial charge < -0.3 is 10.8 Å². The van der Waals surface area contributed by atoms with E-state index in [1.165, 1.54) is 89.9 Å². The van der Waals surface area contributed by atoms with E-state index in [0.717, 1.165) is 12.8 Å². The van der Waals surface area contributed by atoms with Crippen molar-refractivity contribution < 1.29 is 10.8 Å². The van der Waals surface area contributed by atoms with E-state index >= 15 is 0 Å². The van der Waals surface area contributed by atoms with E-state index in [1.54, 1.807) is 0 Å². The maximum atomic E-state index is 9.85. The maximum Gasteiger partial charge on any atom is 0.110 e. The Morgan fingerprint density at radius 1 is 0.636 bits per heavy atom. The van der Waals surface area contributed by atoms with Crippen molar-refractivity contribution in [2.24, 2.45) is 0 Å². The minimum atomic E-state index is -0.178. The molecule has 2 atom stereocenters. The summed E-state index contributed by atoms with van der Waals surface area (Å²) in [6.45, 7) is 4.39. The summed E-state index contributed by atoms with van der Waals surface area (Å²) in [5, 5.41) is 9.85. The summed E-state index contributed by atoms with van der Waals surface area (Å²) in [5.74, 6) is 0. The standard InChI is InChI=1S/C20H43NO/c1-3-5-6-7-8-9-10-11-12-13-14-15-16-17-18-20(22)19(21)4-2/h19-20,22H,3-18,21H2,1-2H3/p+1/t19-,20+/m0/s1. The van der Waals surface area contributed by atoms with Crippen molar-refractivity contribution in [3.8, 4) is 0 Å². The van der Waals surface area contributed by atoms with E-state index in [4.69, 9.17) is 0 Å². The Balaban J connectivity index is 3.08. The van der Waals surface area contributed by atoms with Gasteiger partial charge in [-0.15, -0.1) is 0 Å². The summed E-state index contributed by atoms with van der Waals surface area (Å²) in [7, 11) is 0. The topological polar surface area (TPSA) is 47.9 Å². The third kappa shape index (κ3) is 14.8. The first-order chi connectivity index (χ1) is 10.7. The largest absolute Gasteiger partial charge is 0.387 e. The molecule has 2 heteroatoms. The number of aliphatic hydroxyl groups is 1. The minimum Gasteiger partial charge on any atom is -0.387 e. The second kappa shape index (κ2) is 17.3. The maximum absolute atomic E-state index is 9.85. The molecule has 22 heavy (non-hydrogen) atoms. The van der Waals surface area contributed by atoms with Crippen LogP contribution in [0.2, 0.25) is 0 Å². The second-order valence-corrected chi connectivity index (χ2v) is 7.12. The second-order valence-electron chi connectivity index (χ2n) is 7.12. The summed E-state index contributed by atoms with van der Waals surface area (Å²) in [5.41, 5.74) is 3.99. The molecule has 0 aromatic carbocycles. The lowest BCUT2D eigenvalue weighted by Crippen LogP contribution is -2.65. The molecule has 4 N–H and O–H groups in total. The average Bonchev–Trinajstić information content (AvgIpc) is 2.54. The fourth-order valence-corrected chi connectivity index (χ4v) is 3.06. The molecule has 0 fully saturated rings. The van der Waals surface area contributed by atoms with Gasteiger partial charge in [-0.1, -0.05) is 104 Å². The lowest BCUT2D eigenvalue weighted by Gasteiger charge is -2.13. The molecule has 0 spiro atoms. The molecule has 0 aliphatic carbocycles. The first kappa shape index (κ1) is 21.9. The summed E-state index contributed by atoms with van der Waals surface area (Å²) in [6.07, 6.45) is 21.2. The molecule has 0 aliphatic rings. The van der Waals surface area contributed by atoms with Crippen molar-refractivity contribution in [3.63, 3.8) is 0 Å². The van der Waals surface area contributed by atoms with E-state index in [2.05, 4.69) is 19.6 Å². The van der Waals surface area contributed by atoms with Crippen molar-refractivity contribution in [2.75, 3.05) is 0 Å². The molecular formula is C20H44NO+. The zero-order valence-corrected chi connectivity index (χ0v) is 15.6. The van der Waals surface area contributed by atoms with Gasteiger partial charge >= 0.3 is 0 Å². The number of rotatable bonds is 17. The highest BCUT2D eigenvalue weighted by Gasteiger charge is 2.14. The zero-order chi connectivity index (χ0) is 16.5. The highest BCUT2D eigenvalue weighted by Crippen LogP contribution is 2.14. The quantitative estimate of drug-likeness (QED) is 0.354. The molecule has 0 aliphatic heterocycles. The van der Waals surface area contributed by atoms with Gasteiger partial charge in [-0.25, -0.2) is 0 Å². The van der Waals surface area contributed by atoms with Gasteiger partial charge in [0, 0.05) is 0 Å². The number of quaternary nitrogens is 1. The van der Waals surface area contributed by atoms with Crippen molar-refractivity contribution in [2.45, 2.75) is 129 Å².